The summed E-state index contributed by atoms with van der Waals surface area (Å²) >= 11 is 12.8. The molecule has 2 saturated heterocycles. The molecule has 0 bridgehead atoms. The highest BCUT2D eigenvalue weighted by molar-refractivity contribution is 6.35. The molecular formula is C36H38Cl2N8O3. The fourth-order valence-electron chi connectivity index (χ4n) is 6.76. The molecule has 2 aliphatic heterocycles. The predicted octanol–water partition coefficient (Wildman–Crippen LogP) is 7.45. The number of nitrogens with one attached hydrogen (secondary N) is 3. The molecule has 49 heavy (non-hydrogen) atoms. The number of non-ortho nitro benzene ring substituents is 1. The molecule has 11 nitrogen and oxygen atoms in total. The van der Waals surface area contributed by atoms with Crippen molar-refractivity contribution in [1.29, 1.82) is 0 Å². The quantitative estimate of drug-likeness (QED) is 0.0945. The second kappa shape index (κ2) is 15.0. The van der Waals surface area contributed by atoms with Gasteiger partial charge in [-0.3, -0.25) is 15.0 Å². The number of nitro benzene ring substituents is 1. The highest BCUT2D eigenvalue weighted by atomic mass is 35.5. The van der Waals surface area contributed by atoms with E-state index in [9.17, 15) is 10.1 Å². The van der Waals surface area contributed by atoms with Crippen molar-refractivity contribution in [1.82, 2.24) is 20.5 Å². The van der Waals surface area contributed by atoms with Crippen LogP contribution in [0.4, 0.5) is 22.7 Å². The summed E-state index contributed by atoms with van der Waals surface area (Å²) < 4.78 is 4.81. The van der Waals surface area contributed by atoms with E-state index in [0.717, 1.165) is 82.0 Å². The Morgan fingerprint density at radius 2 is 1.53 bits per heavy atom. The fourth-order valence-corrected chi connectivity index (χ4v) is 7.29. The Bertz CT molecular complexity index is 1900. The largest absolute Gasteiger partial charge is 0.383 e. The zero-order valence-electron chi connectivity index (χ0n) is 27.0. The highest BCUT2D eigenvalue weighted by Crippen LogP contribution is 2.32. The van der Waals surface area contributed by atoms with Crippen LogP contribution in [0.1, 0.15) is 24.0 Å². The van der Waals surface area contributed by atoms with Gasteiger partial charge in [-0.2, -0.15) is 0 Å². The zero-order chi connectivity index (χ0) is 33.7. The van der Waals surface area contributed by atoms with Crippen molar-refractivity contribution in [3.05, 3.63) is 104 Å². The predicted molar refractivity (Wildman–Crippen MR) is 196 cm³/mol. The van der Waals surface area contributed by atoms with Crippen molar-refractivity contribution in [3.63, 3.8) is 0 Å². The van der Waals surface area contributed by atoms with Gasteiger partial charge in [-0.25, -0.2) is 4.63 Å². The van der Waals surface area contributed by atoms with Gasteiger partial charge in [-0.15, -0.1) is 0 Å². The van der Waals surface area contributed by atoms with Crippen LogP contribution in [0.25, 0.3) is 22.2 Å². The monoisotopic (exact) mass is 700 g/mol. The van der Waals surface area contributed by atoms with Gasteiger partial charge in [0.05, 0.1) is 10.6 Å². The number of nitro groups is 1. The van der Waals surface area contributed by atoms with Crippen molar-refractivity contribution in [2.24, 2.45) is 5.92 Å². The second-order valence-electron chi connectivity index (χ2n) is 12.8. The van der Waals surface area contributed by atoms with Crippen LogP contribution in [0.2, 0.25) is 10.0 Å². The maximum atomic E-state index is 11.3. The van der Waals surface area contributed by atoms with Crippen LogP contribution < -0.4 is 20.9 Å². The topological polar surface area (TPSA) is 125 Å². The first-order chi connectivity index (χ1) is 23.9. The van der Waals surface area contributed by atoms with Crippen LogP contribution in [-0.4, -0.2) is 65.9 Å². The summed E-state index contributed by atoms with van der Waals surface area (Å²) in [6, 6.07) is 24.3. The first-order valence-electron chi connectivity index (χ1n) is 16.6. The van der Waals surface area contributed by atoms with Gasteiger partial charge in [-0.05, 0) is 125 Å². The molecule has 5 aromatic rings. The van der Waals surface area contributed by atoms with Crippen LogP contribution >= 0.6 is 23.2 Å². The molecule has 0 atom stereocenters. The lowest BCUT2D eigenvalue weighted by Gasteiger charge is -2.32. The van der Waals surface area contributed by atoms with Crippen molar-refractivity contribution >= 4 is 57.0 Å². The Balaban J connectivity index is 1.00. The molecule has 1 aromatic heterocycles. The zero-order valence-corrected chi connectivity index (χ0v) is 28.5. The molecule has 3 N–H and O–H groups in total. The van der Waals surface area contributed by atoms with Crippen LogP contribution in [0.5, 0.6) is 0 Å². The Kier molecular flexibility index (Phi) is 10.1. The van der Waals surface area contributed by atoms with Gasteiger partial charge < -0.3 is 20.9 Å². The first-order valence-corrected chi connectivity index (χ1v) is 17.4. The summed E-state index contributed by atoms with van der Waals surface area (Å²) in [6.07, 6.45) is 2.06. The Hall–Kier alpha value is -4.42. The molecule has 13 heteroatoms. The van der Waals surface area contributed by atoms with Gasteiger partial charge in [0.1, 0.15) is 0 Å². The minimum Gasteiger partial charge on any atom is -0.383 e. The normalized spacial score (nSPS) is 15.8. The number of halogens is 2. The number of piperazine rings is 1. The van der Waals surface area contributed by atoms with Crippen LogP contribution in [0.3, 0.4) is 0 Å². The van der Waals surface area contributed by atoms with E-state index in [0.29, 0.717) is 33.7 Å². The number of hydrogen-bond acceptors (Lipinski definition) is 10. The summed E-state index contributed by atoms with van der Waals surface area (Å²) in [5.74, 6) is 0.457. The minimum atomic E-state index is -0.474. The van der Waals surface area contributed by atoms with Crippen molar-refractivity contribution in [2.45, 2.75) is 25.9 Å². The average Bonchev–Trinajstić information content (AvgIpc) is 3.61. The number of likely N-dealkylation sites (tertiary alicyclic amines) is 1. The SMILES string of the molecule is O=[N+]([O-])c1ccc(NCC2CCN(Cc3cc(CNc4ccc(N5CCNCC5)cc4)cc(-c4cc(Cl)cc(Cl)c4)c3)CC2)c2nonc12. The lowest BCUT2D eigenvalue weighted by atomic mass is 9.95. The van der Waals surface area contributed by atoms with Gasteiger partial charge >= 0.3 is 5.69 Å². The molecule has 7 rings (SSSR count). The molecule has 0 aliphatic carbocycles. The maximum absolute atomic E-state index is 11.3. The van der Waals surface area contributed by atoms with Gasteiger partial charge in [0.2, 0.25) is 5.52 Å². The summed E-state index contributed by atoms with van der Waals surface area (Å²) in [4.78, 5) is 15.8. The standard InChI is InChI=1S/C36H38Cl2N8O3/c37-29-18-28(19-30(38)20-29)27-16-25(22-40-31-1-3-32(4-2-31)45-13-9-39-10-14-45)15-26(17-27)23-44-11-7-24(8-12-44)21-41-33-5-6-34(46(47)48)36-35(33)42-49-43-36/h1-6,15-20,24,39-41H,7-14,21-23H2. The van der Waals surface area contributed by atoms with Crippen LogP contribution in [0.15, 0.2) is 77.4 Å². The summed E-state index contributed by atoms with van der Waals surface area (Å²) in [7, 11) is 0. The van der Waals surface area contributed by atoms with E-state index in [4.69, 9.17) is 27.8 Å². The molecule has 4 aromatic carbocycles. The highest BCUT2D eigenvalue weighted by Gasteiger charge is 2.23. The Labute approximate surface area is 294 Å². The van der Waals surface area contributed by atoms with E-state index in [2.05, 4.69) is 78.5 Å². The lowest BCUT2D eigenvalue weighted by molar-refractivity contribution is -0.383. The van der Waals surface area contributed by atoms with E-state index in [-0.39, 0.29) is 11.2 Å². The maximum Gasteiger partial charge on any atom is 0.300 e. The van der Waals surface area contributed by atoms with E-state index >= 15 is 0 Å². The van der Waals surface area contributed by atoms with Crippen molar-refractivity contribution in [3.8, 4) is 11.1 Å². The first kappa shape index (κ1) is 33.1. The third-order valence-corrected chi connectivity index (χ3v) is 9.82. The van der Waals surface area contributed by atoms with E-state index < -0.39 is 4.92 Å². The third kappa shape index (κ3) is 8.08. The summed E-state index contributed by atoms with van der Waals surface area (Å²) in [5.41, 5.74) is 7.96. The van der Waals surface area contributed by atoms with Gasteiger partial charge in [0.25, 0.3) is 0 Å². The summed E-state index contributed by atoms with van der Waals surface area (Å²) in [6.45, 7) is 8.28. The number of aromatic nitrogens is 2. The molecule has 254 valence electrons. The third-order valence-electron chi connectivity index (χ3n) is 9.38. The van der Waals surface area contributed by atoms with Crippen LogP contribution in [-0.2, 0) is 13.1 Å². The molecule has 0 radical (unpaired) electrons. The summed E-state index contributed by atoms with van der Waals surface area (Å²) in [5, 5.41) is 30.7. The minimum absolute atomic E-state index is 0.114. The number of benzene rings is 4. The second-order valence-corrected chi connectivity index (χ2v) is 13.7. The Morgan fingerprint density at radius 1 is 0.837 bits per heavy atom. The number of piperidine rings is 1. The number of anilines is 3. The molecule has 0 unspecified atom stereocenters. The number of rotatable bonds is 11. The smallest absolute Gasteiger partial charge is 0.300 e. The average molecular weight is 702 g/mol. The lowest BCUT2D eigenvalue weighted by Crippen LogP contribution is -2.43. The molecular weight excluding hydrogens is 663 g/mol. The molecule has 2 aliphatic rings. The molecule has 0 spiro atoms. The van der Waals surface area contributed by atoms with Crippen LogP contribution in [0, 0.1) is 16.0 Å². The molecule has 0 saturated carbocycles. The number of hydrogen-bond donors (Lipinski definition) is 3. The molecule has 2 fully saturated rings. The fraction of sp³-hybridized carbons (Fsp3) is 0.333. The van der Waals surface area contributed by atoms with Crippen molar-refractivity contribution < 1.29 is 9.55 Å². The molecule has 3 heterocycles. The van der Waals surface area contributed by atoms with Gasteiger partial charge in [0.15, 0.2) is 5.52 Å². The van der Waals surface area contributed by atoms with E-state index in [1.165, 1.54) is 22.9 Å². The Morgan fingerprint density at radius 3 is 2.27 bits per heavy atom. The van der Waals surface area contributed by atoms with E-state index in [1.54, 1.807) is 12.1 Å². The molecule has 0 amide bonds. The van der Waals surface area contributed by atoms with E-state index in [1.807, 2.05) is 12.1 Å². The van der Waals surface area contributed by atoms with Crippen molar-refractivity contribution in [2.75, 3.05) is 61.3 Å². The number of fused-ring (bicyclic) bond motifs is 1. The number of nitrogens with zero attached hydrogens (tertiary/aromatic N) is 5. The van der Waals surface area contributed by atoms with Gasteiger partial charge in [0, 0.05) is 73.3 Å². The van der Waals surface area contributed by atoms with Gasteiger partial charge in [-0.1, -0.05) is 29.3 Å².